The molecule has 0 aliphatic carbocycles. The third-order valence-corrected chi connectivity index (χ3v) is 3.42. The molecule has 6 nitrogen and oxygen atoms in total. The first-order chi connectivity index (χ1) is 12.0. The quantitative estimate of drug-likeness (QED) is 0.649. The average molecular weight is 338 g/mol. The molecule has 0 unspecified atom stereocenters. The number of nitrogens with one attached hydrogen (secondary N) is 3. The Bertz CT molecular complexity index is 876. The fraction of sp³-hybridized carbons (Fsp3) is 0.167. The number of hydrogen-bond acceptors (Lipinski definition) is 6. The predicted molar refractivity (Wildman–Crippen MR) is 98.3 cm³/mol. The standard InChI is InChI=1S/C18H19FN6/c1-11-7-12(2)9-15(8-11)22-18-24-16(20-3)23-17(25-18)21-14-6-4-5-13(19)10-14/h4-10H,1-3H3,(H3,20,21,22,23,24,25). The summed E-state index contributed by atoms with van der Waals surface area (Å²) in [5.41, 5.74) is 3.74. The normalized spacial score (nSPS) is 10.4. The molecule has 2 aromatic carbocycles. The van der Waals surface area contributed by atoms with Crippen molar-refractivity contribution >= 4 is 29.2 Å². The highest BCUT2D eigenvalue weighted by Crippen LogP contribution is 2.20. The van der Waals surface area contributed by atoms with Crippen LogP contribution < -0.4 is 16.0 Å². The predicted octanol–water partition coefficient (Wildman–Crippen LogP) is 4.16. The van der Waals surface area contributed by atoms with Gasteiger partial charge in [-0.3, -0.25) is 0 Å². The molecule has 0 aliphatic rings. The zero-order valence-electron chi connectivity index (χ0n) is 14.3. The fourth-order valence-electron chi connectivity index (χ4n) is 2.47. The van der Waals surface area contributed by atoms with Crippen molar-refractivity contribution in [2.45, 2.75) is 13.8 Å². The lowest BCUT2D eigenvalue weighted by Gasteiger charge is -2.11. The molecule has 0 amide bonds. The van der Waals surface area contributed by atoms with E-state index in [1.54, 1.807) is 19.2 Å². The molecule has 0 bridgehead atoms. The lowest BCUT2D eigenvalue weighted by Crippen LogP contribution is -2.07. The van der Waals surface area contributed by atoms with Crippen LogP contribution in [0.4, 0.5) is 33.6 Å². The van der Waals surface area contributed by atoms with Crippen molar-refractivity contribution in [3.05, 3.63) is 59.4 Å². The molecule has 0 fully saturated rings. The van der Waals surface area contributed by atoms with E-state index in [9.17, 15) is 4.39 Å². The van der Waals surface area contributed by atoms with Crippen LogP contribution >= 0.6 is 0 Å². The molecule has 0 saturated carbocycles. The minimum atomic E-state index is -0.332. The van der Waals surface area contributed by atoms with Crippen LogP contribution in [-0.2, 0) is 0 Å². The molecule has 3 rings (SSSR count). The number of aryl methyl sites for hydroxylation is 2. The van der Waals surface area contributed by atoms with Gasteiger partial charge in [0.25, 0.3) is 0 Å². The number of rotatable bonds is 5. The fourth-order valence-corrected chi connectivity index (χ4v) is 2.47. The third-order valence-electron chi connectivity index (χ3n) is 3.42. The van der Waals surface area contributed by atoms with Crippen LogP contribution in [0.5, 0.6) is 0 Å². The van der Waals surface area contributed by atoms with E-state index in [-0.39, 0.29) is 5.82 Å². The van der Waals surface area contributed by atoms with Gasteiger partial charge in [0.15, 0.2) is 0 Å². The van der Waals surface area contributed by atoms with Gasteiger partial charge in [-0.1, -0.05) is 12.1 Å². The molecule has 0 saturated heterocycles. The number of nitrogens with zero attached hydrogens (tertiary/aromatic N) is 3. The second-order valence-corrected chi connectivity index (χ2v) is 5.69. The van der Waals surface area contributed by atoms with E-state index >= 15 is 0 Å². The Morgan fingerprint density at radius 2 is 1.36 bits per heavy atom. The Labute approximate surface area is 145 Å². The first-order valence-corrected chi connectivity index (χ1v) is 7.83. The topological polar surface area (TPSA) is 74.8 Å². The van der Waals surface area contributed by atoms with Gasteiger partial charge in [-0.05, 0) is 55.3 Å². The van der Waals surface area contributed by atoms with Crippen LogP contribution in [0, 0.1) is 19.7 Å². The highest BCUT2D eigenvalue weighted by molar-refractivity contribution is 5.60. The van der Waals surface area contributed by atoms with Crippen LogP contribution in [0.1, 0.15) is 11.1 Å². The summed E-state index contributed by atoms with van der Waals surface area (Å²) in [5.74, 6) is 0.780. The van der Waals surface area contributed by atoms with Crippen molar-refractivity contribution in [3.63, 3.8) is 0 Å². The molecule has 3 aromatic rings. The summed E-state index contributed by atoms with van der Waals surface area (Å²) in [5, 5.41) is 9.06. The maximum atomic E-state index is 13.3. The van der Waals surface area contributed by atoms with Crippen LogP contribution in [0.3, 0.4) is 0 Å². The Balaban J connectivity index is 1.89. The van der Waals surface area contributed by atoms with Gasteiger partial charge in [0.05, 0.1) is 0 Å². The molecule has 1 aromatic heterocycles. The second kappa shape index (κ2) is 7.12. The van der Waals surface area contributed by atoms with Gasteiger partial charge in [0.1, 0.15) is 5.82 Å². The van der Waals surface area contributed by atoms with Gasteiger partial charge in [-0.2, -0.15) is 15.0 Å². The molecule has 0 spiro atoms. The molecular weight excluding hydrogens is 319 g/mol. The molecule has 0 atom stereocenters. The monoisotopic (exact) mass is 338 g/mol. The summed E-state index contributed by atoms with van der Waals surface area (Å²) < 4.78 is 13.3. The second-order valence-electron chi connectivity index (χ2n) is 5.69. The Kier molecular flexibility index (Phi) is 4.74. The zero-order chi connectivity index (χ0) is 17.8. The summed E-state index contributed by atoms with van der Waals surface area (Å²) in [6, 6.07) is 12.2. The summed E-state index contributed by atoms with van der Waals surface area (Å²) >= 11 is 0. The number of benzene rings is 2. The maximum Gasteiger partial charge on any atom is 0.233 e. The Morgan fingerprint density at radius 3 is 1.96 bits per heavy atom. The summed E-state index contributed by atoms with van der Waals surface area (Å²) in [4.78, 5) is 12.9. The summed E-state index contributed by atoms with van der Waals surface area (Å²) in [7, 11) is 1.72. The van der Waals surface area contributed by atoms with E-state index < -0.39 is 0 Å². The SMILES string of the molecule is CNc1nc(Nc2cc(C)cc(C)c2)nc(Nc2cccc(F)c2)n1. The van der Waals surface area contributed by atoms with Crippen molar-refractivity contribution in [2.75, 3.05) is 23.0 Å². The first-order valence-electron chi connectivity index (χ1n) is 7.83. The van der Waals surface area contributed by atoms with Crippen molar-refractivity contribution in [3.8, 4) is 0 Å². The molecule has 25 heavy (non-hydrogen) atoms. The van der Waals surface area contributed by atoms with Crippen molar-refractivity contribution < 1.29 is 4.39 Å². The third kappa shape index (κ3) is 4.41. The molecule has 3 N–H and O–H groups in total. The molecule has 1 heterocycles. The van der Waals surface area contributed by atoms with E-state index in [1.807, 2.05) is 26.0 Å². The van der Waals surface area contributed by atoms with Crippen molar-refractivity contribution in [1.29, 1.82) is 0 Å². The highest BCUT2D eigenvalue weighted by Gasteiger charge is 2.07. The molecule has 7 heteroatoms. The first kappa shape index (κ1) is 16.6. The largest absolute Gasteiger partial charge is 0.357 e. The van der Waals surface area contributed by atoms with Gasteiger partial charge in [0.2, 0.25) is 17.8 Å². The lowest BCUT2D eigenvalue weighted by molar-refractivity contribution is 0.628. The van der Waals surface area contributed by atoms with E-state index in [4.69, 9.17) is 0 Å². The molecular formula is C18H19FN6. The van der Waals surface area contributed by atoms with Crippen LogP contribution in [0.25, 0.3) is 0 Å². The van der Waals surface area contributed by atoms with Gasteiger partial charge in [-0.15, -0.1) is 0 Å². The lowest BCUT2D eigenvalue weighted by atomic mass is 10.1. The number of hydrogen-bond donors (Lipinski definition) is 3. The average Bonchev–Trinajstić information content (AvgIpc) is 2.53. The zero-order valence-corrected chi connectivity index (χ0v) is 14.3. The van der Waals surface area contributed by atoms with Crippen molar-refractivity contribution in [1.82, 2.24) is 15.0 Å². The van der Waals surface area contributed by atoms with E-state index in [2.05, 4.69) is 37.0 Å². The van der Waals surface area contributed by atoms with Gasteiger partial charge in [0, 0.05) is 18.4 Å². The summed E-state index contributed by atoms with van der Waals surface area (Å²) in [6.45, 7) is 4.06. The Morgan fingerprint density at radius 1 is 0.760 bits per heavy atom. The highest BCUT2D eigenvalue weighted by atomic mass is 19.1. The van der Waals surface area contributed by atoms with E-state index in [0.29, 0.717) is 23.5 Å². The minimum absolute atomic E-state index is 0.317. The maximum absolute atomic E-state index is 13.3. The molecule has 0 aliphatic heterocycles. The summed E-state index contributed by atoms with van der Waals surface area (Å²) in [6.07, 6.45) is 0. The van der Waals surface area contributed by atoms with Crippen LogP contribution in [0.15, 0.2) is 42.5 Å². The van der Waals surface area contributed by atoms with Gasteiger partial charge < -0.3 is 16.0 Å². The number of anilines is 5. The number of aromatic nitrogens is 3. The Hall–Kier alpha value is -3.22. The minimum Gasteiger partial charge on any atom is -0.357 e. The van der Waals surface area contributed by atoms with Gasteiger partial charge >= 0.3 is 0 Å². The van der Waals surface area contributed by atoms with Crippen LogP contribution in [-0.4, -0.2) is 22.0 Å². The van der Waals surface area contributed by atoms with E-state index in [1.165, 1.54) is 12.1 Å². The number of halogens is 1. The smallest absolute Gasteiger partial charge is 0.233 e. The van der Waals surface area contributed by atoms with Crippen LogP contribution in [0.2, 0.25) is 0 Å². The van der Waals surface area contributed by atoms with Crippen molar-refractivity contribution in [2.24, 2.45) is 0 Å². The van der Waals surface area contributed by atoms with E-state index in [0.717, 1.165) is 16.8 Å². The van der Waals surface area contributed by atoms with Gasteiger partial charge in [-0.25, -0.2) is 4.39 Å². The molecule has 128 valence electrons. The molecule has 0 radical (unpaired) electrons.